The van der Waals surface area contributed by atoms with Crippen molar-refractivity contribution in [2.75, 3.05) is 0 Å². The van der Waals surface area contributed by atoms with Crippen LogP contribution in [0.5, 0.6) is 0 Å². The summed E-state index contributed by atoms with van der Waals surface area (Å²) >= 11 is 0. The molecule has 0 unspecified atom stereocenters. The first-order valence-electron chi connectivity index (χ1n) is 11.8. The molecule has 4 aromatic carbocycles. The highest BCUT2D eigenvalue weighted by Crippen LogP contribution is 2.44. The number of hydrogen-bond donors (Lipinski definition) is 0. The lowest BCUT2D eigenvalue weighted by Gasteiger charge is -2.20. The minimum atomic E-state index is 0.986. The zero-order valence-corrected chi connectivity index (χ0v) is 19.1. The van der Waals surface area contributed by atoms with E-state index in [0.29, 0.717) is 0 Å². The standard InChI is InChI=1S/C31H20N4/c1-34-25-16-8-5-13-22(25)30(28-20-11-3-7-15-24(20)33-31(28)34)35-26-17-9-4-12-21(26)29-27(35)18-19-10-2-6-14-23(19)32-29/h2-18H,1H3. The molecular formula is C31H20N4. The Kier molecular flexibility index (Phi) is 3.56. The van der Waals surface area contributed by atoms with Gasteiger partial charge in [0.05, 0.1) is 44.4 Å². The molecule has 4 heteroatoms. The molecule has 0 bridgehead atoms. The maximum atomic E-state index is 5.14. The Hall–Kier alpha value is -4.70. The third-order valence-corrected chi connectivity index (χ3v) is 7.27. The summed E-state index contributed by atoms with van der Waals surface area (Å²) in [7, 11) is 2.11. The van der Waals surface area contributed by atoms with E-state index in [1.54, 1.807) is 0 Å². The van der Waals surface area contributed by atoms with Crippen LogP contribution in [0, 0.1) is 0 Å². The van der Waals surface area contributed by atoms with E-state index in [9.17, 15) is 0 Å². The van der Waals surface area contributed by atoms with E-state index in [1.807, 2.05) is 0 Å². The van der Waals surface area contributed by atoms with Gasteiger partial charge in [-0.15, -0.1) is 0 Å². The fourth-order valence-corrected chi connectivity index (χ4v) is 5.71. The molecule has 35 heavy (non-hydrogen) atoms. The number of fused-ring (bicyclic) bond motifs is 8. The lowest BCUT2D eigenvalue weighted by Crippen LogP contribution is -2.06. The smallest absolute Gasteiger partial charge is 0.143 e. The first-order valence-corrected chi connectivity index (χ1v) is 11.8. The van der Waals surface area contributed by atoms with Crippen molar-refractivity contribution >= 4 is 54.6 Å². The second-order valence-corrected chi connectivity index (χ2v) is 9.15. The Bertz CT molecular complexity index is 2080. The van der Waals surface area contributed by atoms with Gasteiger partial charge in [-0.1, -0.05) is 72.8 Å². The van der Waals surface area contributed by atoms with Crippen molar-refractivity contribution in [3.05, 3.63) is 103 Å². The zero-order chi connectivity index (χ0) is 23.1. The summed E-state index contributed by atoms with van der Waals surface area (Å²) in [6.07, 6.45) is 0. The minimum Gasteiger partial charge on any atom is -0.328 e. The van der Waals surface area contributed by atoms with Crippen LogP contribution in [-0.2, 0) is 7.05 Å². The third-order valence-electron chi connectivity index (χ3n) is 7.27. The van der Waals surface area contributed by atoms with Crippen LogP contribution < -0.4 is 0 Å². The number of para-hydroxylation sites is 4. The van der Waals surface area contributed by atoms with E-state index in [0.717, 1.165) is 60.9 Å². The summed E-state index contributed by atoms with van der Waals surface area (Å²) in [6, 6.07) is 36.3. The maximum absolute atomic E-state index is 5.14. The van der Waals surface area contributed by atoms with Gasteiger partial charge in [0.2, 0.25) is 0 Å². The van der Waals surface area contributed by atoms with Crippen LogP contribution in [0.2, 0.25) is 0 Å². The maximum Gasteiger partial charge on any atom is 0.143 e. The van der Waals surface area contributed by atoms with Crippen molar-refractivity contribution in [1.82, 2.24) is 19.1 Å². The second-order valence-electron chi connectivity index (χ2n) is 9.15. The molecule has 0 radical (unpaired) electrons. The molecule has 2 aliphatic rings. The molecule has 6 aromatic rings. The lowest BCUT2D eigenvalue weighted by molar-refractivity contribution is 0.934. The van der Waals surface area contributed by atoms with Crippen molar-refractivity contribution in [1.29, 1.82) is 0 Å². The molecular weight excluding hydrogens is 428 g/mol. The molecule has 0 saturated carbocycles. The quantitative estimate of drug-likeness (QED) is 0.261. The number of nitrogens with zero attached hydrogens (tertiary/aromatic N) is 4. The van der Waals surface area contributed by atoms with Gasteiger partial charge in [0.15, 0.2) is 0 Å². The van der Waals surface area contributed by atoms with Crippen LogP contribution in [0.4, 0.5) is 0 Å². The molecule has 0 N–H and O–H groups in total. The van der Waals surface area contributed by atoms with Gasteiger partial charge < -0.3 is 9.13 Å². The highest BCUT2D eigenvalue weighted by molar-refractivity contribution is 6.14. The van der Waals surface area contributed by atoms with E-state index in [2.05, 4.69) is 119 Å². The van der Waals surface area contributed by atoms with Gasteiger partial charge in [0, 0.05) is 28.6 Å². The molecule has 0 amide bonds. The second kappa shape index (κ2) is 6.67. The molecule has 8 rings (SSSR count). The Balaban J connectivity index is 1.69. The summed E-state index contributed by atoms with van der Waals surface area (Å²) in [5.74, 6) is 0.986. The molecule has 0 spiro atoms. The van der Waals surface area contributed by atoms with E-state index in [4.69, 9.17) is 9.97 Å². The summed E-state index contributed by atoms with van der Waals surface area (Å²) in [6.45, 7) is 0. The lowest BCUT2D eigenvalue weighted by atomic mass is 10.0. The third kappa shape index (κ3) is 2.40. The van der Waals surface area contributed by atoms with Gasteiger partial charge in [0.25, 0.3) is 0 Å². The van der Waals surface area contributed by atoms with Crippen molar-refractivity contribution in [3.8, 4) is 17.1 Å². The molecule has 0 atom stereocenters. The highest BCUT2D eigenvalue weighted by atomic mass is 15.1. The fourth-order valence-electron chi connectivity index (χ4n) is 5.71. The molecule has 0 fully saturated rings. The minimum absolute atomic E-state index is 0.986. The Morgan fingerprint density at radius 1 is 0.571 bits per heavy atom. The van der Waals surface area contributed by atoms with Crippen molar-refractivity contribution in [2.24, 2.45) is 7.05 Å². The summed E-state index contributed by atoms with van der Waals surface area (Å²) < 4.78 is 4.62. The summed E-state index contributed by atoms with van der Waals surface area (Å²) in [4.78, 5) is 10.2. The molecule has 164 valence electrons. The molecule has 0 saturated heterocycles. The van der Waals surface area contributed by atoms with E-state index in [1.165, 1.54) is 10.8 Å². The van der Waals surface area contributed by atoms with Crippen molar-refractivity contribution in [3.63, 3.8) is 0 Å². The van der Waals surface area contributed by atoms with Crippen LogP contribution >= 0.6 is 0 Å². The Morgan fingerprint density at radius 3 is 2.09 bits per heavy atom. The largest absolute Gasteiger partial charge is 0.328 e. The fraction of sp³-hybridized carbons (Fsp3) is 0.0323. The first-order chi connectivity index (χ1) is 17.3. The van der Waals surface area contributed by atoms with Crippen LogP contribution in [0.1, 0.15) is 0 Å². The van der Waals surface area contributed by atoms with Gasteiger partial charge in [-0.2, -0.15) is 0 Å². The van der Waals surface area contributed by atoms with Gasteiger partial charge in [0.1, 0.15) is 5.82 Å². The number of pyridine rings is 2. The molecule has 4 heterocycles. The monoisotopic (exact) mass is 448 g/mol. The number of benzene rings is 4. The SMILES string of the molecule is Cn1c2nc3ccccc3c-2c(-n2c3ccccc3c3nc4ccccc4cc32)c2ccccc21. The highest BCUT2D eigenvalue weighted by Gasteiger charge is 2.26. The topological polar surface area (TPSA) is 35.6 Å². The normalized spacial score (nSPS) is 12.1. The number of aryl methyl sites for hydroxylation is 1. The van der Waals surface area contributed by atoms with E-state index in [-0.39, 0.29) is 0 Å². The van der Waals surface area contributed by atoms with E-state index >= 15 is 0 Å². The van der Waals surface area contributed by atoms with Crippen molar-refractivity contribution < 1.29 is 0 Å². The average Bonchev–Trinajstić information content (AvgIpc) is 3.45. The summed E-state index contributed by atoms with van der Waals surface area (Å²) in [5, 5.41) is 4.65. The molecule has 4 nitrogen and oxygen atoms in total. The van der Waals surface area contributed by atoms with Crippen LogP contribution in [0.3, 0.4) is 0 Å². The van der Waals surface area contributed by atoms with Gasteiger partial charge in [-0.05, 0) is 30.3 Å². The Morgan fingerprint density at radius 2 is 1.23 bits per heavy atom. The molecule has 2 aliphatic heterocycles. The van der Waals surface area contributed by atoms with E-state index < -0.39 is 0 Å². The Labute approximate surface area is 201 Å². The molecule has 2 aromatic heterocycles. The average molecular weight is 449 g/mol. The van der Waals surface area contributed by atoms with Crippen LogP contribution in [0.25, 0.3) is 71.7 Å². The van der Waals surface area contributed by atoms with Crippen molar-refractivity contribution in [2.45, 2.75) is 0 Å². The first kappa shape index (κ1) is 18.7. The van der Waals surface area contributed by atoms with Crippen LogP contribution in [0.15, 0.2) is 103 Å². The van der Waals surface area contributed by atoms with Crippen LogP contribution in [-0.4, -0.2) is 19.1 Å². The van der Waals surface area contributed by atoms with Gasteiger partial charge in [-0.3, -0.25) is 0 Å². The number of rotatable bonds is 1. The number of hydrogen-bond acceptors (Lipinski definition) is 2. The predicted octanol–water partition coefficient (Wildman–Crippen LogP) is 7.48. The molecule has 0 aliphatic carbocycles. The summed E-state index contributed by atoms with van der Waals surface area (Å²) in [5.41, 5.74) is 8.78. The predicted molar refractivity (Wildman–Crippen MR) is 144 cm³/mol. The van der Waals surface area contributed by atoms with Gasteiger partial charge in [-0.25, -0.2) is 9.97 Å². The number of aromatic nitrogens is 4. The van der Waals surface area contributed by atoms with Gasteiger partial charge >= 0.3 is 0 Å². The zero-order valence-electron chi connectivity index (χ0n) is 19.1.